The summed E-state index contributed by atoms with van der Waals surface area (Å²) in [5, 5.41) is 15.8. The molecule has 0 aliphatic heterocycles. The van der Waals surface area contributed by atoms with Gasteiger partial charge in [0.25, 0.3) is 0 Å². The van der Waals surface area contributed by atoms with Crippen molar-refractivity contribution in [3.63, 3.8) is 0 Å². The van der Waals surface area contributed by atoms with Crippen LogP contribution in [0.5, 0.6) is 5.75 Å². The molecule has 1 aromatic carbocycles. The van der Waals surface area contributed by atoms with Crippen LogP contribution in [0, 0.1) is 12.3 Å². The number of hydrogen-bond acceptors (Lipinski definition) is 4. The number of anilines is 1. The van der Waals surface area contributed by atoms with Crippen LogP contribution in [0.4, 0.5) is 5.69 Å². The van der Waals surface area contributed by atoms with Crippen LogP contribution in [0.1, 0.15) is 25.8 Å². The molecule has 0 saturated carbocycles. The zero-order chi connectivity index (χ0) is 15.3. The van der Waals surface area contributed by atoms with Crippen molar-refractivity contribution in [2.75, 3.05) is 19.0 Å². The molecule has 5 nitrogen and oxygen atoms in total. The molecule has 0 atom stereocenters. The van der Waals surface area contributed by atoms with E-state index in [9.17, 15) is 0 Å². The summed E-state index contributed by atoms with van der Waals surface area (Å²) in [4.78, 5) is 0. The first-order chi connectivity index (χ1) is 9.31. The Hall–Kier alpha value is -1.62. The average molecular weight is 300 g/mol. The second-order valence-electron chi connectivity index (χ2n) is 5.35. The number of halogens is 1. The number of nitrogens with zero attached hydrogens (tertiary/aromatic N) is 1. The summed E-state index contributed by atoms with van der Waals surface area (Å²) < 4.78 is 5.30. The number of methoxy groups -OCH3 is 1. The summed E-state index contributed by atoms with van der Waals surface area (Å²) in [6.07, 6.45) is 0.716. The second-order valence-corrected chi connectivity index (χ2v) is 5.75. The molecule has 0 bridgehead atoms. The van der Waals surface area contributed by atoms with Gasteiger partial charge in [0.05, 0.1) is 12.8 Å². The van der Waals surface area contributed by atoms with Gasteiger partial charge in [0.15, 0.2) is 0 Å². The first-order valence-corrected chi connectivity index (χ1v) is 6.75. The number of nitrogens with one attached hydrogen (secondary N) is 1. The van der Waals surface area contributed by atoms with E-state index >= 15 is 0 Å². The zero-order valence-corrected chi connectivity index (χ0v) is 13.1. The van der Waals surface area contributed by atoms with Crippen LogP contribution < -0.4 is 15.8 Å². The van der Waals surface area contributed by atoms with Gasteiger partial charge in [0.1, 0.15) is 11.6 Å². The number of amidine groups is 1. The van der Waals surface area contributed by atoms with Gasteiger partial charge in [-0.15, -0.1) is 0 Å². The minimum absolute atomic E-state index is 0.221. The molecule has 0 saturated heterocycles. The number of hydrogen-bond donors (Lipinski definition) is 3. The molecular formula is C14H22ClN3O2. The third-order valence-corrected chi connectivity index (χ3v) is 3.75. The molecule has 1 aromatic rings. The van der Waals surface area contributed by atoms with E-state index in [0.29, 0.717) is 23.7 Å². The number of rotatable bonds is 6. The molecule has 6 heteroatoms. The number of nitrogens with two attached hydrogens (primary N) is 1. The Kier molecular flexibility index (Phi) is 5.51. The van der Waals surface area contributed by atoms with Gasteiger partial charge in [0, 0.05) is 23.0 Å². The maximum absolute atomic E-state index is 8.74. The highest BCUT2D eigenvalue weighted by molar-refractivity contribution is 6.31. The summed E-state index contributed by atoms with van der Waals surface area (Å²) in [6, 6.07) is 3.73. The van der Waals surface area contributed by atoms with E-state index in [2.05, 4.69) is 10.5 Å². The van der Waals surface area contributed by atoms with Crippen LogP contribution in [-0.4, -0.2) is 24.7 Å². The van der Waals surface area contributed by atoms with Crippen LogP contribution in [0.15, 0.2) is 17.3 Å². The fourth-order valence-electron chi connectivity index (χ4n) is 1.74. The van der Waals surface area contributed by atoms with Crippen LogP contribution in [0.3, 0.4) is 0 Å². The van der Waals surface area contributed by atoms with Crippen LogP contribution in [-0.2, 0) is 0 Å². The van der Waals surface area contributed by atoms with Crippen LogP contribution >= 0.6 is 11.6 Å². The molecular weight excluding hydrogens is 278 g/mol. The summed E-state index contributed by atoms with van der Waals surface area (Å²) in [6.45, 7) is 6.45. The molecule has 0 spiro atoms. The number of aryl methyl sites for hydroxylation is 1. The molecule has 0 amide bonds. The van der Waals surface area contributed by atoms with Crippen molar-refractivity contribution in [2.24, 2.45) is 16.3 Å². The van der Waals surface area contributed by atoms with Gasteiger partial charge in [-0.05, 0) is 25.0 Å². The van der Waals surface area contributed by atoms with E-state index in [-0.39, 0.29) is 11.3 Å². The lowest BCUT2D eigenvalue weighted by atomic mass is 9.88. The highest BCUT2D eigenvalue weighted by Gasteiger charge is 2.23. The number of oxime groups is 1. The summed E-state index contributed by atoms with van der Waals surface area (Å²) in [5.74, 6) is 0.917. The Balaban J connectivity index is 2.74. The monoisotopic (exact) mass is 299 g/mol. The first-order valence-electron chi connectivity index (χ1n) is 6.38. The van der Waals surface area contributed by atoms with Crippen molar-refractivity contribution in [3.8, 4) is 5.75 Å². The van der Waals surface area contributed by atoms with Gasteiger partial charge in [-0.1, -0.05) is 30.6 Å². The van der Waals surface area contributed by atoms with Gasteiger partial charge in [-0.3, -0.25) is 0 Å². The topological polar surface area (TPSA) is 79.9 Å². The van der Waals surface area contributed by atoms with E-state index < -0.39 is 0 Å². The maximum Gasteiger partial charge on any atom is 0.144 e. The minimum Gasteiger partial charge on any atom is -0.495 e. The Morgan fingerprint density at radius 1 is 1.50 bits per heavy atom. The number of ether oxygens (including phenoxy) is 1. The summed E-state index contributed by atoms with van der Waals surface area (Å²) >= 11 is 6.06. The lowest BCUT2D eigenvalue weighted by molar-refractivity contribution is 0.306. The van der Waals surface area contributed by atoms with Crippen LogP contribution in [0.25, 0.3) is 0 Å². The molecule has 0 radical (unpaired) electrons. The fourth-order valence-corrected chi connectivity index (χ4v) is 1.90. The Morgan fingerprint density at radius 2 is 2.15 bits per heavy atom. The third-order valence-electron chi connectivity index (χ3n) is 3.35. The SMILES string of the molecule is COc1cc(Cl)c(C)cc1NCCC(C)(C)C(N)=NO. The Morgan fingerprint density at radius 3 is 2.70 bits per heavy atom. The first kappa shape index (κ1) is 16.4. The predicted octanol–water partition coefficient (Wildman–Crippen LogP) is 3.23. The van der Waals surface area contributed by atoms with Gasteiger partial charge < -0.3 is 21.0 Å². The van der Waals surface area contributed by atoms with Gasteiger partial charge >= 0.3 is 0 Å². The van der Waals surface area contributed by atoms with E-state index in [4.69, 9.17) is 27.3 Å². The summed E-state index contributed by atoms with van der Waals surface area (Å²) in [5.41, 5.74) is 7.14. The van der Waals surface area contributed by atoms with Crippen molar-refractivity contribution in [1.82, 2.24) is 0 Å². The molecule has 0 fully saturated rings. The molecule has 0 aliphatic carbocycles. The predicted molar refractivity (Wildman–Crippen MR) is 83.0 cm³/mol. The van der Waals surface area contributed by atoms with E-state index in [0.717, 1.165) is 11.3 Å². The van der Waals surface area contributed by atoms with E-state index in [1.165, 1.54) is 0 Å². The molecule has 0 heterocycles. The third kappa shape index (κ3) is 3.93. The molecule has 4 N–H and O–H groups in total. The van der Waals surface area contributed by atoms with Crippen LogP contribution in [0.2, 0.25) is 5.02 Å². The number of benzene rings is 1. The normalized spacial score (nSPS) is 12.3. The largest absolute Gasteiger partial charge is 0.495 e. The zero-order valence-electron chi connectivity index (χ0n) is 12.3. The lowest BCUT2D eigenvalue weighted by Gasteiger charge is -2.23. The highest BCUT2D eigenvalue weighted by Crippen LogP contribution is 2.31. The fraction of sp³-hybridized carbons (Fsp3) is 0.500. The molecule has 0 aromatic heterocycles. The van der Waals surface area contributed by atoms with Gasteiger partial charge in [-0.25, -0.2) is 0 Å². The second kappa shape index (κ2) is 6.70. The Bertz CT molecular complexity index is 501. The van der Waals surface area contributed by atoms with Crippen molar-refractivity contribution < 1.29 is 9.94 Å². The molecule has 20 heavy (non-hydrogen) atoms. The molecule has 112 valence electrons. The van der Waals surface area contributed by atoms with E-state index in [1.54, 1.807) is 13.2 Å². The Labute approximate surface area is 124 Å². The van der Waals surface area contributed by atoms with Gasteiger partial charge in [-0.2, -0.15) is 0 Å². The maximum atomic E-state index is 8.74. The average Bonchev–Trinajstić information content (AvgIpc) is 2.41. The highest BCUT2D eigenvalue weighted by atomic mass is 35.5. The minimum atomic E-state index is -0.379. The quantitative estimate of drug-likeness (QED) is 0.326. The lowest BCUT2D eigenvalue weighted by Crippen LogP contribution is -2.33. The van der Waals surface area contributed by atoms with E-state index in [1.807, 2.05) is 26.8 Å². The molecule has 0 unspecified atom stereocenters. The smallest absolute Gasteiger partial charge is 0.144 e. The molecule has 0 aliphatic rings. The van der Waals surface area contributed by atoms with Crippen molar-refractivity contribution in [3.05, 3.63) is 22.7 Å². The van der Waals surface area contributed by atoms with Crippen molar-refractivity contribution in [2.45, 2.75) is 27.2 Å². The van der Waals surface area contributed by atoms with Gasteiger partial charge in [0.2, 0.25) is 0 Å². The molecule has 1 rings (SSSR count). The standard InChI is InChI=1S/C14H22ClN3O2/c1-9-7-11(12(20-4)8-10(9)15)17-6-5-14(2,3)13(16)18-19/h7-8,17,19H,5-6H2,1-4H3,(H2,16,18). The van der Waals surface area contributed by atoms with Crippen molar-refractivity contribution in [1.29, 1.82) is 0 Å². The summed E-state index contributed by atoms with van der Waals surface area (Å²) in [7, 11) is 1.60. The van der Waals surface area contributed by atoms with Crippen molar-refractivity contribution >= 4 is 23.1 Å².